The van der Waals surface area contributed by atoms with Crippen LogP contribution in [0.15, 0.2) is 16.7 Å². The van der Waals surface area contributed by atoms with Crippen molar-refractivity contribution in [3.63, 3.8) is 0 Å². The number of rotatable bonds is 5. The summed E-state index contributed by atoms with van der Waals surface area (Å²) in [6.45, 7) is 3.98. The zero-order valence-corrected chi connectivity index (χ0v) is 10.7. The topological polar surface area (TPSA) is 37.6 Å². The number of methoxy groups -OCH3 is 1. The number of piperidine rings is 1. The van der Waals surface area contributed by atoms with Crippen molar-refractivity contribution in [1.82, 2.24) is 10.2 Å². The van der Waals surface area contributed by atoms with Crippen LogP contribution in [0, 0.1) is 0 Å². The molecule has 1 aliphatic heterocycles. The van der Waals surface area contributed by atoms with Gasteiger partial charge < -0.3 is 14.5 Å². The predicted octanol–water partition coefficient (Wildman–Crippen LogP) is 1.61. The molecule has 1 aliphatic rings. The van der Waals surface area contributed by atoms with E-state index in [4.69, 9.17) is 9.15 Å². The van der Waals surface area contributed by atoms with Crippen LogP contribution >= 0.6 is 0 Å². The maximum atomic E-state index is 5.56. The summed E-state index contributed by atoms with van der Waals surface area (Å²) in [5.74, 6) is 1.06. The zero-order valence-electron chi connectivity index (χ0n) is 10.7. The lowest BCUT2D eigenvalue weighted by Gasteiger charge is -2.30. The Balaban J connectivity index is 1.80. The highest BCUT2D eigenvalue weighted by Crippen LogP contribution is 2.17. The lowest BCUT2D eigenvalue weighted by atomic mass is 10.1. The van der Waals surface area contributed by atoms with E-state index in [9.17, 15) is 0 Å². The lowest BCUT2D eigenvalue weighted by molar-refractivity contribution is 0.0370. The molecule has 4 heteroatoms. The van der Waals surface area contributed by atoms with E-state index in [1.54, 1.807) is 7.11 Å². The largest absolute Gasteiger partial charge is 0.468 e. The van der Waals surface area contributed by atoms with Gasteiger partial charge in [0.15, 0.2) is 0 Å². The van der Waals surface area contributed by atoms with Gasteiger partial charge in [0.25, 0.3) is 0 Å². The molecule has 2 heterocycles. The van der Waals surface area contributed by atoms with Crippen LogP contribution in [0.4, 0.5) is 0 Å². The van der Waals surface area contributed by atoms with Gasteiger partial charge in [0.1, 0.15) is 5.76 Å². The average Bonchev–Trinajstić information content (AvgIpc) is 2.78. The zero-order chi connectivity index (χ0) is 12.1. The first-order chi connectivity index (χ1) is 8.31. The molecule has 0 unspecified atom stereocenters. The number of hydrogen-bond donors (Lipinski definition) is 1. The molecule has 1 aromatic rings. The highest BCUT2D eigenvalue weighted by molar-refractivity contribution is 5.12. The molecular weight excluding hydrogens is 216 g/mol. The third-order valence-electron chi connectivity index (χ3n) is 3.34. The third-order valence-corrected chi connectivity index (χ3v) is 3.34. The smallest absolute Gasteiger partial charge is 0.118 e. The van der Waals surface area contributed by atoms with E-state index in [-0.39, 0.29) is 0 Å². The average molecular weight is 238 g/mol. The number of nitrogens with one attached hydrogen (secondary N) is 1. The number of furan rings is 1. The Morgan fingerprint density at radius 1 is 1.47 bits per heavy atom. The van der Waals surface area contributed by atoms with E-state index < -0.39 is 0 Å². The fraction of sp³-hybridized carbons (Fsp3) is 0.692. The highest BCUT2D eigenvalue weighted by atomic mass is 16.5. The van der Waals surface area contributed by atoms with E-state index in [1.165, 1.54) is 5.56 Å². The van der Waals surface area contributed by atoms with Crippen molar-refractivity contribution in [2.24, 2.45) is 0 Å². The Morgan fingerprint density at radius 3 is 2.88 bits per heavy atom. The second-order valence-electron chi connectivity index (χ2n) is 4.66. The van der Waals surface area contributed by atoms with Crippen molar-refractivity contribution in [2.45, 2.75) is 32.0 Å². The summed E-state index contributed by atoms with van der Waals surface area (Å²) in [6.07, 6.45) is 4.54. The second-order valence-corrected chi connectivity index (χ2v) is 4.66. The van der Waals surface area contributed by atoms with Gasteiger partial charge in [0.05, 0.1) is 18.9 Å². The van der Waals surface area contributed by atoms with Gasteiger partial charge in [-0.3, -0.25) is 4.90 Å². The van der Waals surface area contributed by atoms with Crippen LogP contribution in [0.3, 0.4) is 0 Å². The molecular formula is C13H22N2O2. The summed E-state index contributed by atoms with van der Waals surface area (Å²) in [5, 5.41) is 3.12. The van der Waals surface area contributed by atoms with Gasteiger partial charge in [-0.25, -0.2) is 0 Å². The molecule has 4 nitrogen and oxygen atoms in total. The lowest BCUT2D eigenvalue weighted by Crippen LogP contribution is -2.36. The molecule has 0 amide bonds. The predicted molar refractivity (Wildman–Crippen MR) is 66.8 cm³/mol. The molecule has 0 aromatic carbocycles. The molecule has 0 aliphatic carbocycles. The van der Waals surface area contributed by atoms with Crippen molar-refractivity contribution in [2.75, 3.05) is 27.2 Å². The van der Waals surface area contributed by atoms with Crippen molar-refractivity contribution >= 4 is 0 Å². The van der Waals surface area contributed by atoms with E-state index >= 15 is 0 Å². The molecule has 0 atom stereocenters. The maximum absolute atomic E-state index is 5.56. The first-order valence-electron chi connectivity index (χ1n) is 6.28. The van der Waals surface area contributed by atoms with E-state index in [0.29, 0.717) is 6.10 Å². The highest BCUT2D eigenvalue weighted by Gasteiger charge is 2.19. The van der Waals surface area contributed by atoms with Crippen molar-refractivity contribution < 1.29 is 9.15 Å². The standard InChI is InChI=1S/C13H22N2O2/c1-14-8-11-7-13(17-10-11)9-15-5-3-12(16-2)4-6-15/h7,10,12,14H,3-6,8-9H2,1-2H3. The minimum Gasteiger partial charge on any atom is -0.468 e. The molecule has 0 radical (unpaired) electrons. The molecule has 96 valence electrons. The van der Waals surface area contributed by atoms with Crippen molar-refractivity contribution in [3.8, 4) is 0 Å². The number of nitrogens with zero attached hydrogens (tertiary/aromatic N) is 1. The number of hydrogen-bond acceptors (Lipinski definition) is 4. The van der Waals surface area contributed by atoms with Gasteiger partial charge in [0, 0.05) is 32.3 Å². The monoisotopic (exact) mass is 238 g/mol. The van der Waals surface area contributed by atoms with Crippen LogP contribution in [0.2, 0.25) is 0 Å². The Hall–Kier alpha value is -0.840. The Labute approximate surface area is 103 Å². The fourth-order valence-corrected chi connectivity index (χ4v) is 2.33. The van der Waals surface area contributed by atoms with Gasteiger partial charge in [-0.1, -0.05) is 0 Å². The van der Waals surface area contributed by atoms with Crippen molar-refractivity contribution in [1.29, 1.82) is 0 Å². The van der Waals surface area contributed by atoms with Crippen LogP contribution in [0.5, 0.6) is 0 Å². The van der Waals surface area contributed by atoms with E-state index in [1.807, 2.05) is 13.3 Å². The molecule has 17 heavy (non-hydrogen) atoms. The summed E-state index contributed by atoms with van der Waals surface area (Å²) in [7, 11) is 3.75. The van der Waals surface area contributed by atoms with Crippen LogP contribution in [0.1, 0.15) is 24.2 Å². The molecule has 1 saturated heterocycles. The van der Waals surface area contributed by atoms with Gasteiger partial charge in [-0.15, -0.1) is 0 Å². The number of ether oxygens (including phenoxy) is 1. The van der Waals surface area contributed by atoms with Crippen LogP contribution in [-0.2, 0) is 17.8 Å². The molecule has 0 bridgehead atoms. The van der Waals surface area contributed by atoms with Crippen LogP contribution in [-0.4, -0.2) is 38.3 Å². The molecule has 0 spiro atoms. The second kappa shape index (κ2) is 6.19. The number of likely N-dealkylation sites (tertiary alicyclic amines) is 1. The fourth-order valence-electron chi connectivity index (χ4n) is 2.33. The molecule has 1 aromatic heterocycles. The summed E-state index contributed by atoms with van der Waals surface area (Å²) in [6, 6.07) is 2.14. The van der Waals surface area contributed by atoms with Gasteiger partial charge in [-0.2, -0.15) is 0 Å². The molecule has 1 N–H and O–H groups in total. The van der Waals surface area contributed by atoms with Gasteiger partial charge in [0.2, 0.25) is 0 Å². The van der Waals surface area contributed by atoms with Gasteiger partial charge >= 0.3 is 0 Å². The minimum absolute atomic E-state index is 0.447. The van der Waals surface area contributed by atoms with E-state index in [2.05, 4.69) is 16.3 Å². The Kier molecular flexibility index (Phi) is 4.59. The minimum atomic E-state index is 0.447. The first-order valence-corrected chi connectivity index (χ1v) is 6.28. The summed E-state index contributed by atoms with van der Waals surface area (Å²) in [5.41, 5.74) is 1.22. The SMILES string of the molecule is CNCc1coc(CN2CCC(OC)CC2)c1. The van der Waals surface area contributed by atoms with Gasteiger partial charge in [-0.05, 0) is 26.0 Å². The van der Waals surface area contributed by atoms with Crippen LogP contribution < -0.4 is 5.32 Å². The Morgan fingerprint density at radius 2 is 2.24 bits per heavy atom. The summed E-state index contributed by atoms with van der Waals surface area (Å²) in [4.78, 5) is 2.43. The van der Waals surface area contributed by atoms with E-state index in [0.717, 1.165) is 44.8 Å². The molecule has 0 saturated carbocycles. The maximum Gasteiger partial charge on any atom is 0.118 e. The first kappa shape index (κ1) is 12.6. The quantitative estimate of drug-likeness (QED) is 0.845. The Bertz CT molecular complexity index is 330. The molecule has 2 rings (SSSR count). The third kappa shape index (κ3) is 3.56. The van der Waals surface area contributed by atoms with Crippen LogP contribution in [0.25, 0.3) is 0 Å². The summed E-state index contributed by atoms with van der Waals surface area (Å²) >= 11 is 0. The van der Waals surface area contributed by atoms with Crippen molar-refractivity contribution in [3.05, 3.63) is 23.7 Å². The molecule has 1 fully saturated rings. The summed E-state index contributed by atoms with van der Waals surface area (Å²) < 4.78 is 10.9. The normalized spacial score (nSPS) is 18.7.